The Hall–Kier alpha value is -5.08. The summed E-state index contributed by atoms with van der Waals surface area (Å²) in [6.45, 7) is 24.6. The molecule has 1 aromatic carbocycles. The smallest absolute Gasteiger partial charge is 0.302 e. The summed E-state index contributed by atoms with van der Waals surface area (Å²) in [6, 6.07) is 1.46. The van der Waals surface area contributed by atoms with E-state index in [1.54, 1.807) is 17.0 Å². The summed E-state index contributed by atoms with van der Waals surface area (Å²) in [5.74, 6) is -1.37. The Labute approximate surface area is 548 Å². The third-order valence-corrected chi connectivity index (χ3v) is 16.7. The van der Waals surface area contributed by atoms with Gasteiger partial charge in [-0.05, 0) is 56.1 Å². The Morgan fingerprint density at radius 1 is 0.452 bits per heavy atom. The number of aliphatic hydroxyl groups excluding tert-OH is 1. The van der Waals surface area contributed by atoms with Crippen LogP contribution in [0.5, 0.6) is 17.2 Å². The Kier molecular flexibility index (Phi) is 35.9. The molecular formula is C65H108N4O24. The van der Waals surface area contributed by atoms with E-state index in [9.17, 15) is 33.9 Å². The summed E-state index contributed by atoms with van der Waals surface area (Å²) >= 11 is 0. The second-order valence-corrected chi connectivity index (χ2v) is 23.8. The highest BCUT2D eigenvalue weighted by Crippen LogP contribution is 2.40. The van der Waals surface area contributed by atoms with E-state index in [1.807, 2.05) is 27.7 Å². The van der Waals surface area contributed by atoms with Crippen LogP contribution in [0.4, 0.5) is 0 Å². The SMILES string of the molecule is CC[C@H]1O[C@@H](OCCOCCOCCOc2cc(C(=O)N3CCC(O)CC3)cc(OCCOCCOCCO[C@@H]3O[C@H](CC)[C@H](C)[C@H](OC(C)=O)[C@H]3NC(C)=O)c2OCCOCCOCCO[C@@H]2O[C@H](CC)[C@H](C)[C@H](OC(C)=O)[C@H]2NC(C)=O)[C@H](NC(C)=O)[C@@H](C)[C@H]1C. The summed E-state index contributed by atoms with van der Waals surface area (Å²) in [5, 5.41) is 18.9. The van der Waals surface area contributed by atoms with Gasteiger partial charge in [-0.2, -0.15) is 0 Å². The Bertz CT molecular complexity index is 2390. The molecule has 28 heteroatoms. The number of piperidine rings is 1. The number of hydrogen-bond donors (Lipinski definition) is 4. The minimum absolute atomic E-state index is 0.00714. The maximum absolute atomic E-state index is 14.1. The fraction of sp³-hybridized carbons (Fsp3) is 0.815. The maximum Gasteiger partial charge on any atom is 0.302 e. The summed E-state index contributed by atoms with van der Waals surface area (Å²) < 4.78 is 102. The fourth-order valence-electron chi connectivity index (χ4n) is 11.8. The van der Waals surface area contributed by atoms with E-state index in [2.05, 4.69) is 36.7 Å². The average molecular weight is 1330 g/mol. The van der Waals surface area contributed by atoms with Crippen molar-refractivity contribution in [3.05, 3.63) is 17.7 Å². The number of rotatable bonds is 42. The number of esters is 2. The van der Waals surface area contributed by atoms with Crippen LogP contribution < -0.4 is 30.2 Å². The number of ether oxygens (including phenoxy) is 17. The van der Waals surface area contributed by atoms with Gasteiger partial charge in [-0.1, -0.05) is 48.5 Å². The van der Waals surface area contributed by atoms with Gasteiger partial charge >= 0.3 is 11.9 Å². The molecule has 0 saturated carbocycles. The van der Waals surface area contributed by atoms with E-state index < -0.39 is 61.2 Å². The highest BCUT2D eigenvalue weighted by atomic mass is 16.7. The van der Waals surface area contributed by atoms with E-state index in [1.165, 1.54) is 34.6 Å². The van der Waals surface area contributed by atoms with Gasteiger partial charge in [-0.3, -0.25) is 28.8 Å². The number of hydrogen-bond acceptors (Lipinski definition) is 24. The second-order valence-electron chi connectivity index (χ2n) is 23.8. The third-order valence-electron chi connectivity index (χ3n) is 16.7. The van der Waals surface area contributed by atoms with Gasteiger partial charge in [0.1, 0.15) is 44.1 Å². The highest BCUT2D eigenvalue weighted by Gasteiger charge is 2.48. The standard InChI is InChI=1S/C65H108N4O24/c1-13-51-40(4)41(5)56(66-44(8)70)63(91-51)86-35-29-80-23-20-77-26-32-83-54-38-49(62(76)69-18-16-50(75)17-19-69)39-55(84-33-27-78-21-24-81-30-36-87-64-57(67-45(9)71)59(89-47(11)73)42(6)52(14-2)92-64)61(54)85-34-28-79-22-25-82-31-37-88-65-58(68-46(10)72)60(90-48(12)74)43(7)53(15-3)93-65/h38-43,50-53,56-60,63-65,75H,13-37H2,1-12H3,(H,66,70)(H,67,71)(H,68,72)/t40-,41+,42+,43+,51-,52-,53-,56-,57-,58-,59+,60+,63-,64-,65-/m1/s1. The van der Waals surface area contributed by atoms with E-state index in [0.717, 1.165) is 6.42 Å². The van der Waals surface area contributed by atoms with E-state index in [0.29, 0.717) is 38.8 Å². The van der Waals surface area contributed by atoms with Crippen molar-refractivity contribution in [2.45, 2.75) is 189 Å². The maximum atomic E-state index is 14.1. The molecule has 4 aliphatic rings. The second kappa shape index (κ2) is 42.5. The Balaban J connectivity index is 1.16. The molecule has 4 saturated heterocycles. The molecular weight excluding hydrogens is 1220 g/mol. The molecule has 0 unspecified atom stereocenters. The quantitative estimate of drug-likeness (QED) is 0.0533. The lowest BCUT2D eigenvalue weighted by Crippen LogP contribution is -2.62. The molecule has 28 nitrogen and oxygen atoms in total. The van der Waals surface area contributed by atoms with Gasteiger partial charge in [0.15, 0.2) is 30.4 Å². The largest absolute Gasteiger partial charge is 0.487 e. The number of benzene rings is 1. The first kappa shape index (κ1) is 78.6. The highest BCUT2D eigenvalue weighted by molar-refractivity contribution is 5.95. The normalized spacial score (nSPS) is 27.4. The molecule has 0 spiro atoms. The van der Waals surface area contributed by atoms with Gasteiger partial charge < -0.3 is 106 Å². The molecule has 4 amide bonds. The number of aliphatic hydroxyl groups is 1. The summed E-state index contributed by atoms with van der Waals surface area (Å²) in [4.78, 5) is 76.2. The summed E-state index contributed by atoms with van der Waals surface area (Å²) in [6.07, 6.45) is -1.71. The molecule has 4 N–H and O–H groups in total. The molecule has 1 aromatic rings. The first-order valence-corrected chi connectivity index (χ1v) is 33.1. The van der Waals surface area contributed by atoms with Crippen LogP contribution in [0.25, 0.3) is 0 Å². The number of nitrogens with zero attached hydrogens (tertiary/aromatic N) is 1. The zero-order valence-corrected chi connectivity index (χ0v) is 56.9. The van der Waals surface area contributed by atoms with Gasteiger partial charge in [0.05, 0.1) is 130 Å². The molecule has 0 radical (unpaired) electrons. The van der Waals surface area contributed by atoms with Crippen molar-refractivity contribution in [1.29, 1.82) is 0 Å². The zero-order valence-electron chi connectivity index (χ0n) is 56.9. The van der Waals surface area contributed by atoms with Gasteiger partial charge in [-0.15, -0.1) is 0 Å². The van der Waals surface area contributed by atoms with Crippen LogP contribution in [0.3, 0.4) is 0 Å². The lowest BCUT2D eigenvalue weighted by atomic mass is 9.81. The van der Waals surface area contributed by atoms with Gasteiger partial charge in [0, 0.05) is 65.1 Å². The summed E-state index contributed by atoms with van der Waals surface area (Å²) in [5.41, 5.74) is 0.277. The Morgan fingerprint density at radius 2 is 0.774 bits per heavy atom. The van der Waals surface area contributed by atoms with Crippen molar-refractivity contribution in [3.63, 3.8) is 0 Å². The van der Waals surface area contributed by atoms with E-state index in [4.69, 9.17) is 80.5 Å². The van der Waals surface area contributed by atoms with Crippen LogP contribution in [0.1, 0.15) is 126 Å². The molecule has 5 rings (SSSR count). The third kappa shape index (κ3) is 26.5. The predicted molar refractivity (Wildman–Crippen MR) is 334 cm³/mol. The van der Waals surface area contributed by atoms with Crippen molar-refractivity contribution in [3.8, 4) is 17.2 Å². The van der Waals surface area contributed by atoms with E-state index in [-0.39, 0.29) is 213 Å². The number of likely N-dealkylation sites (tertiary alicyclic amines) is 1. The van der Waals surface area contributed by atoms with Crippen LogP contribution >= 0.6 is 0 Å². The predicted octanol–water partition coefficient (Wildman–Crippen LogP) is 3.90. The van der Waals surface area contributed by atoms with E-state index >= 15 is 0 Å². The molecule has 0 bridgehead atoms. The van der Waals surface area contributed by atoms with Crippen LogP contribution in [0.2, 0.25) is 0 Å². The molecule has 4 aliphatic heterocycles. The summed E-state index contributed by atoms with van der Waals surface area (Å²) in [7, 11) is 0. The monoisotopic (exact) mass is 1330 g/mol. The van der Waals surface area contributed by atoms with Gasteiger partial charge in [0.2, 0.25) is 23.5 Å². The number of amides is 4. The topological polar surface area (TPSA) is 319 Å². The molecule has 4 fully saturated rings. The molecule has 0 aromatic heterocycles. The lowest BCUT2D eigenvalue weighted by molar-refractivity contribution is -0.256. The number of carbonyl (C=O) groups is 6. The Morgan fingerprint density at radius 3 is 1.13 bits per heavy atom. The zero-order chi connectivity index (χ0) is 67.8. The molecule has 4 heterocycles. The van der Waals surface area contributed by atoms with Crippen LogP contribution in [-0.4, -0.2) is 251 Å². The molecule has 93 heavy (non-hydrogen) atoms. The fourth-order valence-corrected chi connectivity index (χ4v) is 11.8. The molecule has 0 aliphatic carbocycles. The lowest BCUT2D eigenvalue weighted by Gasteiger charge is -2.44. The van der Waals surface area contributed by atoms with Crippen LogP contribution in [0, 0.1) is 23.7 Å². The van der Waals surface area contributed by atoms with Gasteiger partial charge in [0.25, 0.3) is 5.91 Å². The number of nitrogens with one attached hydrogen (secondary N) is 3. The molecule has 15 atom stereocenters. The first-order chi connectivity index (χ1) is 44.7. The molecule has 532 valence electrons. The van der Waals surface area contributed by atoms with Crippen molar-refractivity contribution >= 4 is 35.6 Å². The van der Waals surface area contributed by atoms with Crippen LogP contribution in [-0.2, 0) is 90.3 Å². The van der Waals surface area contributed by atoms with Crippen molar-refractivity contribution in [2.75, 3.05) is 132 Å². The number of carbonyl (C=O) groups excluding carboxylic acids is 6. The van der Waals surface area contributed by atoms with Crippen molar-refractivity contribution in [2.24, 2.45) is 23.7 Å². The van der Waals surface area contributed by atoms with Crippen LogP contribution in [0.15, 0.2) is 12.1 Å². The van der Waals surface area contributed by atoms with Crippen molar-refractivity contribution in [1.82, 2.24) is 20.9 Å². The van der Waals surface area contributed by atoms with Crippen molar-refractivity contribution < 1.29 is 114 Å². The van der Waals surface area contributed by atoms with Gasteiger partial charge in [-0.25, -0.2) is 0 Å². The average Bonchev–Trinajstić information content (AvgIpc) is 0.848. The first-order valence-electron chi connectivity index (χ1n) is 33.1. The minimum atomic E-state index is -0.877. The minimum Gasteiger partial charge on any atom is -0.487 e.